The number of carbonyl (C=O) groups is 2. The zero-order valence-corrected chi connectivity index (χ0v) is 12.5. The van der Waals surface area contributed by atoms with Gasteiger partial charge in [0, 0.05) is 12.2 Å². The molecule has 2 heterocycles. The number of hydrogen-bond donors (Lipinski definition) is 1. The second-order valence-corrected chi connectivity index (χ2v) is 5.77. The Bertz CT molecular complexity index is 652. The van der Waals surface area contributed by atoms with Crippen LogP contribution in [-0.2, 0) is 9.53 Å². The Hall–Kier alpha value is -2.59. The third kappa shape index (κ3) is 3.12. The standard InChI is InChI=1S/C16H17N3O4/c17-8-11-3-5-12(6-4-11)19-10-13(23-16(19)22)9-18-7-1-2-14(18)15(20)21/h3-6,13-14H,1-2,7,9-10H2,(H,20,21). The van der Waals surface area contributed by atoms with Crippen LogP contribution in [0.15, 0.2) is 24.3 Å². The number of nitriles is 1. The van der Waals surface area contributed by atoms with Crippen LogP contribution in [-0.4, -0.2) is 53.8 Å². The van der Waals surface area contributed by atoms with E-state index in [1.807, 2.05) is 11.0 Å². The lowest BCUT2D eigenvalue weighted by Gasteiger charge is -2.23. The van der Waals surface area contributed by atoms with E-state index in [-0.39, 0.29) is 6.10 Å². The summed E-state index contributed by atoms with van der Waals surface area (Å²) >= 11 is 0. The lowest BCUT2D eigenvalue weighted by atomic mass is 10.2. The normalized spacial score (nSPS) is 24.5. The van der Waals surface area contributed by atoms with Crippen molar-refractivity contribution in [1.29, 1.82) is 5.26 Å². The molecule has 0 radical (unpaired) electrons. The summed E-state index contributed by atoms with van der Waals surface area (Å²) in [5.41, 5.74) is 1.20. The number of nitrogens with zero attached hydrogens (tertiary/aromatic N) is 3. The van der Waals surface area contributed by atoms with Crippen LogP contribution in [0.4, 0.5) is 10.5 Å². The lowest BCUT2D eigenvalue weighted by Crippen LogP contribution is -2.41. The number of likely N-dealkylation sites (tertiary alicyclic amines) is 1. The van der Waals surface area contributed by atoms with Crippen LogP contribution in [0.1, 0.15) is 18.4 Å². The first-order valence-corrected chi connectivity index (χ1v) is 7.53. The highest BCUT2D eigenvalue weighted by molar-refractivity contribution is 5.89. The van der Waals surface area contributed by atoms with Gasteiger partial charge in [-0.05, 0) is 43.7 Å². The van der Waals surface area contributed by atoms with Crippen molar-refractivity contribution >= 4 is 17.7 Å². The Morgan fingerprint density at radius 3 is 2.78 bits per heavy atom. The molecule has 2 atom stereocenters. The first kappa shape index (κ1) is 15.3. The summed E-state index contributed by atoms with van der Waals surface area (Å²) in [5.74, 6) is -0.823. The van der Waals surface area contributed by atoms with E-state index in [2.05, 4.69) is 0 Å². The molecule has 1 amide bonds. The number of hydrogen-bond acceptors (Lipinski definition) is 5. The molecule has 2 aliphatic heterocycles. The maximum atomic E-state index is 12.0. The van der Waals surface area contributed by atoms with Crippen molar-refractivity contribution in [3.8, 4) is 6.07 Å². The van der Waals surface area contributed by atoms with Crippen LogP contribution in [0.5, 0.6) is 0 Å². The minimum absolute atomic E-state index is 0.349. The van der Waals surface area contributed by atoms with Gasteiger partial charge in [-0.1, -0.05) is 0 Å². The predicted octanol–water partition coefficient (Wildman–Crippen LogP) is 1.43. The smallest absolute Gasteiger partial charge is 0.414 e. The highest BCUT2D eigenvalue weighted by atomic mass is 16.6. The minimum atomic E-state index is -0.823. The van der Waals surface area contributed by atoms with E-state index in [0.717, 1.165) is 6.42 Å². The van der Waals surface area contributed by atoms with Crippen molar-refractivity contribution in [2.75, 3.05) is 24.5 Å². The van der Waals surface area contributed by atoms with Crippen LogP contribution in [0.25, 0.3) is 0 Å². The molecule has 1 aromatic rings. The van der Waals surface area contributed by atoms with Crippen molar-refractivity contribution < 1.29 is 19.4 Å². The number of carboxylic acids is 1. The highest BCUT2D eigenvalue weighted by Gasteiger charge is 2.37. The molecule has 1 N–H and O–H groups in total. The van der Waals surface area contributed by atoms with Gasteiger partial charge in [0.1, 0.15) is 12.1 Å². The fourth-order valence-electron chi connectivity index (χ4n) is 3.13. The third-order valence-corrected chi connectivity index (χ3v) is 4.27. The van der Waals surface area contributed by atoms with Gasteiger partial charge in [0.25, 0.3) is 0 Å². The Kier molecular flexibility index (Phi) is 4.17. The maximum absolute atomic E-state index is 12.0. The fourth-order valence-corrected chi connectivity index (χ4v) is 3.13. The molecule has 120 valence electrons. The fraction of sp³-hybridized carbons (Fsp3) is 0.438. The molecule has 2 fully saturated rings. The molecule has 23 heavy (non-hydrogen) atoms. The minimum Gasteiger partial charge on any atom is -0.480 e. The summed E-state index contributed by atoms with van der Waals surface area (Å²) in [7, 11) is 0. The van der Waals surface area contributed by atoms with E-state index in [9.17, 15) is 14.7 Å². The van der Waals surface area contributed by atoms with Gasteiger partial charge in [0.2, 0.25) is 0 Å². The molecule has 2 aliphatic rings. The SMILES string of the molecule is N#Cc1ccc(N2CC(CN3CCCC3C(=O)O)OC2=O)cc1. The molecule has 0 bridgehead atoms. The Balaban J connectivity index is 1.65. The molecule has 0 spiro atoms. The molecular weight excluding hydrogens is 298 g/mol. The van der Waals surface area contributed by atoms with Crippen molar-refractivity contribution in [2.45, 2.75) is 25.0 Å². The van der Waals surface area contributed by atoms with Crippen LogP contribution in [0, 0.1) is 11.3 Å². The quantitative estimate of drug-likeness (QED) is 0.903. The zero-order valence-electron chi connectivity index (χ0n) is 12.5. The molecule has 3 rings (SSSR count). The number of rotatable bonds is 4. The molecule has 2 unspecified atom stereocenters. The number of anilines is 1. The summed E-state index contributed by atoms with van der Waals surface area (Å²) in [6.07, 6.45) is 0.690. The summed E-state index contributed by atoms with van der Waals surface area (Å²) in [6.45, 7) is 1.52. The van der Waals surface area contributed by atoms with Gasteiger partial charge in [0.15, 0.2) is 0 Å². The maximum Gasteiger partial charge on any atom is 0.414 e. The van der Waals surface area contributed by atoms with Gasteiger partial charge in [-0.3, -0.25) is 14.6 Å². The number of aliphatic carboxylic acids is 1. The van der Waals surface area contributed by atoms with Gasteiger partial charge in [0.05, 0.1) is 18.2 Å². The average Bonchev–Trinajstić information content (AvgIpc) is 3.14. The first-order valence-electron chi connectivity index (χ1n) is 7.53. The molecule has 0 aromatic heterocycles. The number of amides is 1. The molecule has 0 saturated carbocycles. The summed E-state index contributed by atoms with van der Waals surface area (Å²) in [5, 5.41) is 18.0. The highest BCUT2D eigenvalue weighted by Crippen LogP contribution is 2.24. The van der Waals surface area contributed by atoms with Crippen molar-refractivity contribution in [1.82, 2.24) is 4.90 Å². The van der Waals surface area contributed by atoms with Crippen LogP contribution in [0.3, 0.4) is 0 Å². The van der Waals surface area contributed by atoms with E-state index in [1.54, 1.807) is 24.3 Å². The van der Waals surface area contributed by atoms with Crippen molar-refractivity contribution in [3.63, 3.8) is 0 Å². The second-order valence-electron chi connectivity index (χ2n) is 5.77. The molecule has 1 aromatic carbocycles. The van der Waals surface area contributed by atoms with E-state index in [0.29, 0.717) is 37.3 Å². The third-order valence-electron chi connectivity index (χ3n) is 4.27. The summed E-state index contributed by atoms with van der Waals surface area (Å²) in [6, 6.07) is 8.26. The molecule has 7 nitrogen and oxygen atoms in total. The largest absolute Gasteiger partial charge is 0.480 e. The van der Waals surface area contributed by atoms with Gasteiger partial charge in [-0.2, -0.15) is 5.26 Å². The molecule has 0 aliphatic carbocycles. The van der Waals surface area contributed by atoms with Crippen LogP contribution < -0.4 is 4.90 Å². The number of carboxylic acid groups (broad SMARTS) is 1. The van der Waals surface area contributed by atoms with Crippen molar-refractivity contribution in [3.05, 3.63) is 29.8 Å². The predicted molar refractivity (Wildman–Crippen MR) is 81.0 cm³/mol. The first-order chi connectivity index (χ1) is 11.1. The number of cyclic esters (lactones) is 1. The summed E-state index contributed by atoms with van der Waals surface area (Å²) in [4.78, 5) is 26.6. The van der Waals surface area contributed by atoms with Crippen molar-refractivity contribution in [2.24, 2.45) is 0 Å². The monoisotopic (exact) mass is 315 g/mol. The van der Waals surface area contributed by atoms with Gasteiger partial charge in [-0.25, -0.2) is 4.79 Å². The number of ether oxygens (including phenoxy) is 1. The number of carbonyl (C=O) groups excluding carboxylic acids is 1. The Morgan fingerprint density at radius 2 is 2.13 bits per heavy atom. The zero-order chi connectivity index (χ0) is 16.4. The van der Waals surface area contributed by atoms with E-state index >= 15 is 0 Å². The van der Waals surface area contributed by atoms with E-state index in [4.69, 9.17) is 10.00 Å². The number of benzene rings is 1. The van der Waals surface area contributed by atoms with Gasteiger partial charge >= 0.3 is 12.1 Å². The second kappa shape index (κ2) is 6.26. The lowest BCUT2D eigenvalue weighted by molar-refractivity contribution is -0.142. The van der Waals surface area contributed by atoms with Crippen LogP contribution >= 0.6 is 0 Å². The van der Waals surface area contributed by atoms with E-state index < -0.39 is 18.1 Å². The Labute approximate surface area is 133 Å². The Morgan fingerprint density at radius 1 is 1.39 bits per heavy atom. The van der Waals surface area contributed by atoms with Crippen LogP contribution in [0.2, 0.25) is 0 Å². The molecular formula is C16H17N3O4. The van der Waals surface area contributed by atoms with E-state index in [1.165, 1.54) is 4.90 Å². The average molecular weight is 315 g/mol. The van der Waals surface area contributed by atoms with Gasteiger partial charge in [-0.15, -0.1) is 0 Å². The molecule has 2 saturated heterocycles. The summed E-state index contributed by atoms with van der Waals surface area (Å²) < 4.78 is 5.36. The molecule has 7 heteroatoms. The topological polar surface area (TPSA) is 93.9 Å². The van der Waals surface area contributed by atoms with Gasteiger partial charge < -0.3 is 9.84 Å².